The number of aldehydes is 1. The minimum Gasteiger partial charge on any atom is -0.462 e. The molecule has 5 heteroatoms. The molecule has 0 saturated carbocycles. The van der Waals surface area contributed by atoms with Crippen LogP contribution in [-0.4, -0.2) is 68.4 Å². The molecule has 0 aliphatic rings. The van der Waals surface area contributed by atoms with E-state index in [-0.39, 0.29) is 24.9 Å². The molecule has 0 spiro atoms. The number of unbranched alkanes of at least 4 members (excludes halogenated alkanes) is 3. The fourth-order valence-electron chi connectivity index (χ4n) is 3.54. The Hall–Kier alpha value is -0.940. The summed E-state index contributed by atoms with van der Waals surface area (Å²) in [5, 5.41) is 0. The molecule has 1 atom stereocenters. The number of nitrogens with zero attached hydrogens (tertiary/aromatic N) is 2. The van der Waals surface area contributed by atoms with E-state index in [4.69, 9.17) is 4.74 Å². The molecule has 0 radical (unpaired) electrons. The topological polar surface area (TPSA) is 49.9 Å². The van der Waals surface area contributed by atoms with Gasteiger partial charge < -0.3 is 19.3 Å². The zero-order valence-corrected chi connectivity index (χ0v) is 21.3. The molecule has 0 rings (SSSR count). The van der Waals surface area contributed by atoms with Crippen LogP contribution in [-0.2, 0) is 14.3 Å². The fourth-order valence-corrected chi connectivity index (χ4v) is 3.54. The minimum absolute atomic E-state index is 0.0519. The zero-order valence-electron chi connectivity index (χ0n) is 21.3. The molecule has 30 heavy (non-hydrogen) atoms. The third-order valence-electron chi connectivity index (χ3n) is 5.44. The lowest BCUT2D eigenvalue weighted by molar-refractivity contribution is -0.150. The van der Waals surface area contributed by atoms with Gasteiger partial charge in [-0.2, -0.15) is 0 Å². The van der Waals surface area contributed by atoms with E-state index in [2.05, 4.69) is 58.6 Å². The molecular weight excluding hydrogens is 376 g/mol. The van der Waals surface area contributed by atoms with Crippen LogP contribution < -0.4 is 0 Å². The van der Waals surface area contributed by atoms with Crippen molar-refractivity contribution in [2.24, 2.45) is 0 Å². The Kier molecular flexibility index (Phi) is 23.7. The summed E-state index contributed by atoms with van der Waals surface area (Å²) in [7, 11) is 6.52. The van der Waals surface area contributed by atoms with Crippen LogP contribution in [0.2, 0.25) is 0 Å². The van der Waals surface area contributed by atoms with Gasteiger partial charge >= 0.3 is 5.97 Å². The Morgan fingerprint density at radius 1 is 0.867 bits per heavy atom. The maximum atomic E-state index is 11.4. The molecule has 0 fully saturated rings. The molecule has 0 bridgehead atoms. The second-order valence-corrected chi connectivity index (χ2v) is 8.56. The van der Waals surface area contributed by atoms with Gasteiger partial charge in [0.05, 0.1) is 6.42 Å². The van der Waals surface area contributed by atoms with E-state index in [1.807, 2.05) is 0 Å². The van der Waals surface area contributed by atoms with Crippen LogP contribution in [0.5, 0.6) is 0 Å². The van der Waals surface area contributed by atoms with Gasteiger partial charge in [-0.1, -0.05) is 53.4 Å². The molecule has 180 valence electrons. The van der Waals surface area contributed by atoms with Gasteiger partial charge in [0, 0.05) is 12.5 Å². The first-order valence-corrected chi connectivity index (χ1v) is 12.3. The summed E-state index contributed by atoms with van der Waals surface area (Å²) in [5.74, 6) is -0.231. The van der Waals surface area contributed by atoms with Gasteiger partial charge in [-0.25, -0.2) is 0 Å². The number of carbonyl (C=O) groups is 2. The monoisotopic (exact) mass is 428 g/mol. The summed E-state index contributed by atoms with van der Waals surface area (Å²) in [6.45, 7) is 11.3. The van der Waals surface area contributed by atoms with Gasteiger partial charge in [0.15, 0.2) is 0 Å². The van der Waals surface area contributed by atoms with Gasteiger partial charge in [0.25, 0.3) is 0 Å². The first kappa shape index (κ1) is 31.2. The maximum Gasteiger partial charge on any atom is 0.306 e. The first-order valence-electron chi connectivity index (χ1n) is 12.3. The van der Waals surface area contributed by atoms with Crippen LogP contribution in [0.1, 0.15) is 105 Å². The molecular formula is C25H52N2O3. The van der Waals surface area contributed by atoms with Gasteiger partial charge in [0.2, 0.25) is 0 Å². The van der Waals surface area contributed by atoms with Crippen molar-refractivity contribution in [1.82, 2.24) is 9.80 Å². The Labute approximate surface area is 187 Å². The molecule has 0 N–H and O–H groups in total. The Balaban J connectivity index is 0. The van der Waals surface area contributed by atoms with Crippen molar-refractivity contribution in [1.29, 1.82) is 0 Å². The van der Waals surface area contributed by atoms with Gasteiger partial charge in [-0.3, -0.25) is 4.79 Å². The summed E-state index contributed by atoms with van der Waals surface area (Å²) in [6.07, 6.45) is 12.8. The summed E-state index contributed by atoms with van der Waals surface area (Å²) < 4.78 is 5.38. The first-order chi connectivity index (χ1) is 14.4. The van der Waals surface area contributed by atoms with E-state index < -0.39 is 0 Å². The lowest BCUT2D eigenvalue weighted by Crippen LogP contribution is -2.32. The lowest BCUT2D eigenvalue weighted by atomic mass is 10.1. The van der Waals surface area contributed by atoms with Gasteiger partial charge in [0.1, 0.15) is 12.4 Å². The van der Waals surface area contributed by atoms with Crippen LogP contribution in [0.15, 0.2) is 0 Å². The largest absolute Gasteiger partial charge is 0.462 e. The van der Waals surface area contributed by atoms with Crippen molar-refractivity contribution < 1.29 is 14.3 Å². The summed E-state index contributed by atoms with van der Waals surface area (Å²) in [5.41, 5.74) is 0. The van der Waals surface area contributed by atoms with E-state index in [1.165, 1.54) is 51.6 Å². The fraction of sp³-hybridized carbons (Fsp3) is 0.920. The Bertz CT molecular complexity index is 385. The van der Waals surface area contributed by atoms with E-state index >= 15 is 0 Å². The summed E-state index contributed by atoms with van der Waals surface area (Å²) in [4.78, 5) is 26.3. The number of esters is 1. The third kappa shape index (κ3) is 20.3. The highest BCUT2D eigenvalue weighted by Crippen LogP contribution is 2.14. The van der Waals surface area contributed by atoms with E-state index in [1.54, 1.807) is 0 Å². The second-order valence-electron chi connectivity index (χ2n) is 8.56. The third-order valence-corrected chi connectivity index (χ3v) is 5.44. The summed E-state index contributed by atoms with van der Waals surface area (Å²) >= 11 is 0. The van der Waals surface area contributed by atoms with Crippen molar-refractivity contribution in [2.45, 2.75) is 117 Å². The van der Waals surface area contributed by atoms with Crippen molar-refractivity contribution >= 4 is 12.3 Å². The van der Waals surface area contributed by atoms with Crippen LogP contribution in [0.25, 0.3) is 0 Å². The molecule has 0 aromatic carbocycles. The Morgan fingerprint density at radius 2 is 1.53 bits per heavy atom. The SMILES string of the molecule is CCC(CC)N(C)CCCN(C)C.CCCCCCC(CCC)OC(=O)CCC=O. The summed E-state index contributed by atoms with van der Waals surface area (Å²) in [6, 6.07) is 0.780. The molecule has 0 aromatic rings. The molecule has 0 aromatic heterocycles. The highest BCUT2D eigenvalue weighted by Gasteiger charge is 2.13. The van der Waals surface area contributed by atoms with Gasteiger partial charge in [-0.15, -0.1) is 0 Å². The van der Waals surface area contributed by atoms with E-state index in [9.17, 15) is 9.59 Å². The van der Waals surface area contributed by atoms with E-state index in [0.717, 1.165) is 38.0 Å². The van der Waals surface area contributed by atoms with Crippen LogP contribution >= 0.6 is 0 Å². The predicted octanol–water partition coefficient (Wildman–Crippen LogP) is 5.71. The number of hydrogen-bond donors (Lipinski definition) is 0. The van der Waals surface area contributed by atoms with Crippen molar-refractivity contribution in [3.63, 3.8) is 0 Å². The standard InChI is InChI=1S/C14H26O3.C11H26N2/c1-3-5-6-7-10-13(9-4-2)17-14(16)11-8-12-15;1-6-11(7-2)13(5)10-8-9-12(3)4/h12-13H,3-11H2,1-2H3;11H,6-10H2,1-5H3. The molecule has 0 heterocycles. The second kappa shape index (κ2) is 22.7. The van der Waals surface area contributed by atoms with Crippen molar-refractivity contribution in [3.8, 4) is 0 Å². The number of hydrogen-bond acceptors (Lipinski definition) is 5. The molecule has 0 aliphatic heterocycles. The smallest absolute Gasteiger partial charge is 0.306 e. The molecule has 0 amide bonds. The highest BCUT2D eigenvalue weighted by atomic mass is 16.5. The minimum atomic E-state index is -0.231. The normalized spacial score (nSPS) is 12.1. The highest BCUT2D eigenvalue weighted by molar-refractivity contribution is 5.72. The Morgan fingerprint density at radius 3 is 2.03 bits per heavy atom. The zero-order chi connectivity index (χ0) is 23.2. The molecule has 5 nitrogen and oxygen atoms in total. The van der Waals surface area contributed by atoms with Crippen molar-refractivity contribution in [2.75, 3.05) is 34.2 Å². The molecule has 0 saturated heterocycles. The molecule has 1 unspecified atom stereocenters. The van der Waals surface area contributed by atoms with Crippen molar-refractivity contribution in [3.05, 3.63) is 0 Å². The predicted molar refractivity (Wildman–Crippen MR) is 129 cm³/mol. The van der Waals surface area contributed by atoms with Crippen LogP contribution in [0.3, 0.4) is 0 Å². The number of carbonyl (C=O) groups excluding carboxylic acids is 2. The number of rotatable bonds is 18. The maximum absolute atomic E-state index is 11.4. The van der Waals surface area contributed by atoms with E-state index in [0.29, 0.717) is 0 Å². The quantitative estimate of drug-likeness (QED) is 0.159. The average Bonchev–Trinajstić information content (AvgIpc) is 2.71. The lowest BCUT2D eigenvalue weighted by Gasteiger charge is -2.26. The van der Waals surface area contributed by atoms with Crippen LogP contribution in [0.4, 0.5) is 0 Å². The van der Waals surface area contributed by atoms with Gasteiger partial charge in [-0.05, 0) is 72.8 Å². The van der Waals surface area contributed by atoms with Crippen LogP contribution in [0, 0.1) is 0 Å². The number of ether oxygens (including phenoxy) is 1. The average molecular weight is 429 g/mol. The molecule has 0 aliphatic carbocycles.